The molecule has 4 rings (SSSR count). The summed E-state index contributed by atoms with van der Waals surface area (Å²) in [5, 5.41) is 1.31. The van der Waals surface area contributed by atoms with E-state index in [0.717, 1.165) is 36.6 Å². The summed E-state index contributed by atoms with van der Waals surface area (Å²) >= 11 is 5.68. The fraction of sp³-hybridized carbons (Fsp3) is 0.312. The van der Waals surface area contributed by atoms with E-state index >= 15 is 0 Å². The van der Waals surface area contributed by atoms with Crippen molar-refractivity contribution in [3.05, 3.63) is 47.9 Å². The predicted molar refractivity (Wildman–Crippen MR) is 83.9 cm³/mol. The van der Waals surface area contributed by atoms with Crippen molar-refractivity contribution in [2.75, 3.05) is 13.1 Å². The number of rotatable bonds is 2. The molecule has 0 bridgehead atoms. The number of fused-ring (bicyclic) bond motifs is 3. The van der Waals surface area contributed by atoms with Gasteiger partial charge in [-0.05, 0) is 24.1 Å². The highest BCUT2D eigenvalue weighted by Crippen LogP contribution is 2.28. The number of thiocarbonyl (C=S) groups is 1. The van der Waals surface area contributed by atoms with E-state index in [1.54, 1.807) is 6.26 Å². The number of nitrogens with one attached hydrogen (secondary N) is 1. The Labute approximate surface area is 123 Å². The van der Waals surface area contributed by atoms with Crippen LogP contribution in [-0.4, -0.2) is 34.1 Å². The molecule has 20 heavy (non-hydrogen) atoms. The lowest BCUT2D eigenvalue weighted by Gasteiger charge is -2.31. The molecule has 0 saturated carbocycles. The number of ether oxygens (including phenoxy) is 1. The maximum atomic E-state index is 5.68. The standard InChI is InChI=1S/C16H16N2OS/c20-16-15-13(12-5-1-2-6-14(12)17-15)7-8-18(16)10-11-4-3-9-19-11/h1-3,5-6,9,11,17H,4,7-8,10H2. The van der Waals surface area contributed by atoms with E-state index in [0.29, 0.717) is 0 Å². The molecule has 0 amide bonds. The Morgan fingerprint density at radius 2 is 2.25 bits per heavy atom. The minimum atomic E-state index is 0.249. The quantitative estimate of drug-likeness (QED) is 0.859. The highest BCUT2D eigenvalue weighted by molar-refractivity contribution is 7.80. The lowest BCUT2D eigenvalue weighted by molar-refractivity contribution is 0.141. The van der Waals surface area contributed by atoms with Gasteiger partial charge in [0.15, 0.2) is 0 Å². The van der Waals surface area contributed by atoms with Crippen molar-refractivity contribution < 1.29 is 4.74 Å². The third kappa shape index (κ3) is 1.83. The van der Waals surface area contributed by atoms with Crippen LogP contribution >= 0.6 is 12.2 Å². The van der Waals surface area contributed by atoms with E-state index in [4.69, 9.17) is 17.0 Å². The number of aromatic nitrogens is 1. The molecule has 1 N–H and O–H groups in total. The van der Waals surface area contributed by atoms with Crippen LogP contribution in [0.4, 0.5) is 0 Å². The fourth-order valence-corrected chi connectivity index (χ4v) is 3.46. The predicted octanol–water partition coefficient (Wildman–Crippen LogP) is 3.00. The van der Waals surface area contributed by atoms with Gasteiger partial charge in [0.25, 0.3) is 0 Å². The molecule has 0 saturated heterocycles. The third-order valence-electron chi connectivity index (χ3n) is 4.14. The maximum Gasteiger partial charge on any atom is 0.126 e. The number of para-hydroxylation sites is 1. The van der Waals surface area contributed by atoms with Crippen molar-refractivity contribution in [3.63, 3.8) is 0 Å². The van der Waals surface area contributed by atoms with Gasteiger partial charge in [-0.3, -0.25) is 0 Å². The average molecular weight is 284 g/mol. The van der Waals surface area contributed by atoms with Gasteiger partial charge < -0.3 is 14.6 Å². The molecule has 2 aliphatic heterocycles. The molecule has 0 fully saturated rings. The van der Waals surface area contributed by atoms with E-state index in [9.17, 15) is 0 Å². The lowest BCUT2D eigenvalue weighted by atomic mass is 10.0. The molecule has 1 unspecified atom stereocenters. The second-order valence-electron chi connectivity index (χ2n) is 5.39. The molecule has 1 aromatic carbocycles. The molecule has 3 heterocycles. The summed E-state index contributed by atoms with van der Waals surface area (Å²) in [4.78, 5) is 6.68. The van der Waals surface area contributed by atoms with Crippen LogP contribution in [0.1, 0.15) is 17.7 Å². The second kappa shape index (κ2) is 4.63. The number of hydrogen-bond acceptors (Lipinski definition) is 2. The smallest absolute Gasteiger partial charge is 0.126 e. The van der Waals surface area contributed by atoms with Gasteiger partial charge in [0.2, 0.25) is 0 Å². The monoisotopic (exact) mass is 284 g/mol. The molecular formula is C16H16N2OS. The largest absolute Gasteiger partial charge is 0.496 e. The van der Waals surface area contributed by atoms with Crippen molar-refractivity contribution in [2.45, 2.75) is 18.9 Å². The normalized spacial score (nSPS) is 21.3. The molecule has 102 valence electrons. The summed E-state index contributed by atoms with van der Waals surface area (Å²) in [6, 6.07) is 8.44. The van der Waals surface area contributed by atoms with Gasteiger partial charge in [-0.2, -0.15) is 0 Å². The SMILES string of the molecule is S=C1c2[nH]c3ccccc3c2CCN1CC1CC=CO1. The van der Waals surface area contributed by atoms with Crippen LogP contribution < -0.4 is 0 Å². The van der Waals surface area contributed by atoms with E-state index in [1.165, 1.54) is 16.5 Å². The highest BCUT2D eigenvalue weighted by atomic mass is 32.1. The van der Waals surface area contributed by atoms with Gasteiger partial charge in [0, 0.05) is 23.9 Å². The number of nitrogens with zero attached hydrogens (tertiary/aromatic N) is 1. The third-order valence-corrected chi connectivity index (χ3v) is 4.60. The first-order chi connectivity index (χ1) is 9.83. The molecule has 0 spiro atoms. The molecular weight excluding hydrogens is 268 g/mol. The highest BCUT2D eigenvalue weighted by Gasteiger charge is 2.27. The van der Waals surface area contributed by atoms with Crippen LogP contribution in [0.25, 0.3) is 10.9 Å². The van der Waals surface area contributed by atoms with Crippen molar-refractivity contribution >= 4 is 28.1 Å². The Morgan fingerprint density at radius 1 is 1.35 bits per heavy atom. The van der Waals surface area contributed by atoms with Gasteiger partial charge in [-0.1, -0.05) is 30.4 Å². The average Bonchev–Trinajstić information content (AvgIpc) is 3.09. The van der Waals surface area contributed by atoms with E-state index < -0.39 is 0 Å². The van der Waals surface area contributed by atoms with Gasteiger partial charge in [-0.15, -0.1) is 0 Å². The molecule has 0 radical (unpaired) electrons. The molecule has 0 aliphatic carbocycles. The summed E-state index contributed by atoms with van der Waals surface area (Å²) in [5.41, 5.74) is 3.67. The minimum Gasteiger partial charge on any atom is -0.496 e. The zero-order valence-corrected chi connectivity index (χ0v) is 12.0. The Balaban J connectivity index is 1.64. The van der Waals surface area contributed by atoms with Crippen molar-refractivity contribution in [1.82, 2.24) is 9.88 Å². The molecule has 3 nitrogen and oxygen atoms in total. The Kier molecular flexibility index (Phi) is 2.77. The topological polar surface area (TPSA) is 28.3 Å². The van der Waals surface area contributed by atoms with Gasteiger partial charge in [0.1, 0.15) is 11.1 Å². The first-order valence-corrected chi connectivity index (χ1v) is 7.43. The summed E-state index contributed by atoms with van der Waals surface area (Å²) < 4.78 is 5.56. The van der Waals surface area contributed by atoms with Crippen molar-refractivity contribution in [3.8, 4) is 0 Å². The van der Waals surface area contributed by atoms with Gasteiger partial charge in [-0.25, -0.2) is 0 Å². The van der Waals surface area contributed by atoms with Crippen LogP contribution in [0, 0.1) is 0 Å². The van der Waals surface area contributed by atoms with Gasteiger partial charge >= 0.3 is 0 Å². The summed E-state index contributed by atoms with van der Waals surface area (Å²) in [6.45, 7) is 1.86. The molecule has 1 aromatic heterocycles. The van der Waals surface area contributed by atoms with Crippen LogP contribution in [0.15, 0.2) is 36.6 Å². The summed E-state index contributed by atoms with van der Waals surface area (Å²) in [7, 11) is 0. The Hall–Kier alpha value is -1.81. The summed E-state index contributed by atoms with van der Waals surface area (Å²) in [5.74, 6) is 0. The molecule has 2 aromatic rings. The van der Waals surface area contributed by atoms with Crippen molar-refractivity contribution in [1.29, 1.82) is 0 Å². The van der Waals surface area contributed by atoms with Crippen LogP contribution in [-0.2, 0) is 11.2 Å². The molecule has 4 heteroatoms. The van der Waals surface area contributed by atoms with Crippen LogP contribution in [0.3, 0.4) is 0 Å². The number of aromatic amines is 1. The number of benzene rings is 1. The van der Waals surface area contributed by atoms with E-state index in [2.05, 4.69) is 40.2 Å². The van der Waals surface area contributed by atoms with Gasteiger partial charge in [0.05, 0.1) is 18.5 Å². The Morgan fingerprint density at radius 3 is 3.10 bits per heavy atom. The lowest BCUT2D eigenvalue weighted by Crippen LogP contribution is -2.41. The van der Waals surface area contributed by atoms with Crippen LogP contribution in [0.5, 0.6) is 0 Å². The molecule has 2 aliphatic rings. The van der Waals surface area contributed by atoms with E-state index in [1.807, 2.05) is 0 Å². The Bertz CT molecular complexity index is 696. The number of H-pyrrole nitrogens is 1. The number of hydrogen-bond donors (Lipinski definition) is 1. The van der Waals surface area contributed by atoms with Crippen molar-refractivity contribution in [2.24, 2.45) is 0 Å². The maximum absolute atomic E-state index is 5.68. The first-order valence-electron chi connectivity index (χ1n) is 7.02. The zero-order valence-electron chi connectivity index (χ0n) is 11.1. The first kappa shape index (κ1) is 12.0. The van der Waals surface area contributed by atoms with E-state index in [-0.39, 0.29) is 6.10 Å². The minimum absolute atomic E-state index is 0.249. The molecule has 1 atom stereocenters. The fourth-order valence-electron chi connectivity index (χ4n) is 3.12. The zero-order chi connectivity index (χ0) is 13.5. The van der Waals surface area contributed by atoms with Crippen LogP contribution in [0.2, 0.25) is 0 Å². The second-order valence-corrected chi connectivity index (χ2v) is 5.78. The summed E-state index contributed by atoms with van der Waals surface area (Å²) in [6.07, 6.45) is 6.15.